The Morgan fingerprint density at radius 2 is 1.57 bits per heavy atom. The normalized spacial score (nSPS) is 20.0. The molecular formula is C19H26N6O4S. The van der Waals surface area contributed by atoms with Crippen molar-refractivity contribution in [2.75, 3.05) is 59.4 Å². The summed E-state index contributed by atoms with van der Waals surface area (Å²) in [7, 11) is -1.53. The van der Waals surface area contributed by atoms with Crippen LogP contribution in [0.2, 0.25) is 0 Å². The first-order valence-corrected chi connectivity index (χ1v) is 11.4. The number of likely N-dealkylation sites (N-methyl/N-ethyl adjacent to an activating group) is 1. The van der Waals surface area contributed by atoms with E-state index < -0.39 is 10.2 Å². The van der Waals surface area contributed by atoms with E-state index >= 15 is 0 Å². The van der Waals surface area contributed by atoms with E-state index in [0.717, 1.165) is 0 Å². The number of aromatic nitrogens is 2. The van der Waals surface area contributed by atoms with E-state index in [1.165, 1.54) is 19.5 Å². The van der Waals surface area contributed by atoms with Crippen molar-refractivity contribution in [3.05, 3.63) is 40.9 Å². The van der Waals surface area contributed by atoms with Crippen molar-refractivity contribution in [2.24, 2.45) is 0 Å². The van der Waals surface area contributed by atoms with Crippen LogP contribution >= 0.6 is 0 Å². The first kappa shape index (κ1) is 20.9. The first-order chi connectivity index (χ1) is 14.4. The second-order valence-electron chi connectivity index (χ2n) is 7.68. The maximum atomic E-state index is 12.9. The quantitative estimate of drug-likeness (QED) is 0.614. The molecule has 0 saturated carbocycles. The maximum Gasteiger partial charge on any atom is 0.282 e. The summed E-state index contributed by atoms with van der Waals surface area (Å²) in [5, 5.41) is 0.468. The van der Waals surface area contributed by atoms with E-state index in [0.29, 0.717) is 50.2 Å². The third kappa shape index (κ3) is 4.10. The molecule has 11 heteroatoms. The molecule has 0 bridgehead atoms. The predicted octanol–water partition coefficient (Wildman–Crippen LogP) is -0.967. The van der Waals surface area contributed by atoms with Crippen molar-refractivity contribution >= 4 is 27.0 Å². The summed E-state index contributed by atoms with van der Waals surface area (Å²) in [6.45, 7) is 3.41. The van der Waals surface area contributed by atoms with Crippen molar-refractivity contribution in [1.29, 1.82) is 0 Å². The van der Waals surface area contributed by atoms with Gasteiger partial charge in [0.2, 0.25) is 5.91 Å². The summed E-state index contributed by atoms with van der Waals surface area (Å²) in [5.41, 5.74) is 0.333. The standard InChI is InChI=1S/C19H26N6O4S/c1-21-6-10-24(11-7-21)30(28,29)25-12-8-22(9-13-25)18(26)14-23-15-20-17-5-3-2-4-16(17)19(23)27/h2-5,15H,6-14H2,1H3. The first-order valence-electron chi connectivity index (χ1n) is 10.0. The largest absolute Gasteiger partial charge is 0.338 e. The molecule has 1 aromatic heterocycles. The van der Waals surface area contributed by atoms with Gasteiger partial charge in [0.1, 0.15) is 6.54 Å². The Morgan fingerprint density at radius 3 is 2.23 bits per heavy atom. The maximum absolute atomic E-state index is 12.9. The Balaban J connectivity index is 1.38. The Morgan fingerprint density at radius 1 is 0.967 bits per heavy atom. The molecule has 2 aliphatic rings. The molecule has 3 heterocycles. The highest BCUT2D eigenvalue weighted by Crippen LogP contribution is 2.15. The summed E-state index contributed by atoms with van der Waals surface area (Å²) in [4.78, 5) is 33.2. The Bertz CT molecular complexity index is 1090. The second kappa shape index (κ2) is 8.42. The van der Waals surface area contributed by atoms with Crippen molar-refractivity contribution in [3.63, 3.8) is 0 Å². The van der Waals surface area contributed by atoms with E-state index in [1.54, 1.807) is 29.2 Å². The number of fused-ring (bicyclic) bond motifs is 1. The highest BCUT2D eigenvalue weighted by Gasteiger charge is 2.34. The lowest BCUT2D eigenvalue weighted by molar-refractivity contribution is -0.133. The van der Waals surface area contributed by atoms with Crippen LogP contribution in [0.1, 0.15) is 0 Å². The average molecular weight is 435 g/mol. The van der Waals surface area contributed by atoms with Crippen molar-refractivity contribution in [1.82, 2.24) is 28.0 Å². The highest BCUT2D eigenvalue weighted by atomic mass is 32.2. The predicted molar refractivity (Wildman–Crippen MR) is 112 cm³/mol. The summed E-state index contributed by atoms with van der Waals surface area (Å²) in [6, 6.07) is 7.01. The van der Waals surface area contributed by atoms with Crippen molar-refractivity contribution in [2.45, 2.75) is 6.54 Å². The fourth-order valence-electron chi connectivity index (χ4n) is 3.81. The van der Waals surface area contributed by atoms with Gasteiger partial charge < -0.3 is 9.80 Å². The molecule has 2 saturated heterocycles. The number of rotatable bonds is 4. The van der Waals surface area contributed by atoms with Crippen LogP contribution in [0.4, 0.5) is 0 Å². The van der Waals surface area contributed by atoms with Gasteiger partial charge in [-0.1, -0.05) is 12.1 Å². The molecule has 0 atom stereocenters. The average Bonchev–Trinajstić information content (AvgIpc) is 2.76. The number of carbonyl (C=O) groups excluding carboxylic acids is 1. The van der Waals surface area contributed by atoms with Gasteiger partial charge in [0, 0.05) is 52.4 Å². The minimum atomic E-state index is -3.51. The zero-order valence-electron chi connectivity index (χ0n) is 17.0. The van der Waals surface area contributed by atoms with Crippen LogP contribution in [0.25, 0.3) is 10.9 Å². The van der Waals surface area contributed by atoms with Crippen LogP contribution in [0.3, 0.4) is 0 Å². The molecule has 30 heavy (non-hydrogen) atoms. The van der Waals surface area contributed by atoms with E-state index in [1.807, 2.05) is 7.05 Å². The van der Waals surface area contributed by atoms with Gasteiger partial charge in [-0.2, -0.15) is 17.0 Å². The molecule has 2 aliphatic heterocycles. The smallest absolute Gasteiger partial charge is 0.282 e. The molecule has 0 spiro atoms. The molecule has 0 radical (unpaired) electrons. The van der Waals surface area contributed by atoms with E-state index in [9.17, 15) is 18.0 Å². The Hall–Kier alpha value is -2.34. The van der Waals surface area contributed by atoms with Crippen molar-refractivity contribution in [3.8, 4) is 0 Å². The van der Waals surface area contributed by atoms with Gasteiger partial charge in [-0.3, -0.25) is 14.2 Å². The van der Waals surface area contributed by atoms with Crippen LogP contribution in [-0.2, 0) is 21.5 Å². The highest BCUT2D eigenvalue weighted by molar-refractivity contribution is 7.86. The van der Waals surface area contributed by atoms with E-state index in [-0.39, 0.29) is 31.1 Å². The molecular weight excluding hydrogens is 408 g/mol. The summed E-state index contributed by atoms with van der Waals surface area (Å²) < 4.78 is 30.0. The van der Waals surface area contributed by atoms with Gasteiger partial charge in [0.25, 0.3) is 15.8 Å². The summed E-state index contributed by atoms with van der Waals surface area (Å²) in [6.07, 6.45) is 1.39. The van der Waals surface area contributed by atoms with Gasteiger partial charge in [0.15, 0.2) is 0 Å². The SMILES string of the molecule is CN1CCN(S(=O)(=O)N2CCN(C(=O)Cn3cnc4ccccc4c3=O)CC2)CC1. The number of amides is 1. The van der Waals surface area contributed by atoms with Gasteiger partial charge >= 0.3 is 0 Å². The lowest BCUT2D eigenvalue weighted by atomic mass is 10.2. The van der Waals surface area contributed by atoms with E-state index in [4.69, 9.17) is 0 Å². The Kier molecular flexibility index (Phi) is 5.87. The molecule has 0 N–H and O–H groups in total. The van der Waals surface area contributed by atoms with Crippen LogP contribution in [0, 0.1) is 0 Å². The minimum Gasteiger partial charge on any atom is -0.338 e. The third-order valence-electron chi connectivity index (χ3n) is 5.74. The van der Waals surface area contributed by atoms with Crippen LogP contribution in [-0.4, -0.2) is 102 Å². The lowest BCUT2D eigenvalue weighted by Crippen LogP contribution is -2.57. The number of hydrogen-bond donors (Lipinski definition) is 0. The van der Waals surface area contributed by atoms with Crippen LogP contribution in [0.5, 0.6) is 0 Å². The Labute approximate surface area is 175 Å². The van der Waals surface area contributed by atoms with Crippen molar-refractivity contribution < 1.29 is 13.2 Å². The number of benzene rings is 1. The topological polar surface area (TPSA) is 99.1 Å². The molecule has 0 aliphatic carbocycles. The molecule has 10 nitrogen and oxygen atoms in total. The number of nitrogens with zero attached hydrogens (tertiary/aromatic N) is 6. The molecule has 1 aromatic carbocycles. The molecule has 1 amide bonds. The fourth-order valence-corrected chi connectivity index (χ4v) is 5.39. The minimum absolute atomic E-state index is 0.109. The summed E-state index contributed by atoms with van der Waals surface area (Å²) in [5.74, 6) is -0.217. The number of hydrogen-bond acceptors (Lipinski definition) is 6. The zero-order chi connectivity index (χ0) is 21.3. The van der Waals surface area contributed by atoms with Gasteiger partial charge in [0.05, 0.1) is 17.2 Å². The second-order valence-corrected chi connectivity index (χ2v) is 9.61. The number of carbonyl (C=O) groups is 1. The van der Waals surface area contributed by atoms with Gasteiger partial charge in [-0.25, -0.2) is 4.98 Å². The van der Waals surface area contributed by atoms with Crippen LogP contribution < -0.4 is 5.56 Å². The number of piperazine rings is 2. The lowest BCUT2D eigenvalue weighted by Gasteiger charge is -2.39. The third-order valence-corrected chi connectivity index (χ3v) is 7.78. The zero-order valence-corrected chi connectivity index (χ0v) is 17.8. The van der Waals surface area contributed by atoms with Gasteiger partial charge in [-0.15, -0.1) is 0 Å². The summed E-state index contributed by atoms with van der Waals surface area (Å²) >= 11 is 0. The molecule has 4 rings (SSSR count). The van der Waals surface area contributed by atoms with Gasteiger partial charge in [-0.05, 0) is 19.2 Å². The molecule has 2 aromatic rings. The van der Waals surface area contributed by atoms with E-state index in [2.05, 4.69) is 9.88 Å². The molecule has 2 fully saturated rings. The van der Waals surface area contributed by atoms with Crippen LogP contribution in [0.15, 0.2) is 35.4 Å². The fraction of sp³-hybridized carbons (Fsp3) is 0.526. The molecule has 162 valence electrons. The monoisotopic (exact) mass is 434 g/mol. The molecule has 0 unspecified atom stereocenters. The number of para-hydroxylation sites is 1.